The molecule has 0 spiro atoms. The van der Waals surface area contributed by atoms with Crippen LogP contribution in [0.25, 0.3) is 10.2 Å². The Morgan fingerprint density at radius 1 is 1.19 bits per heavy atom. The van der Waals surface area contributed by atoms with Crippen molar-refractivity contribution in [2.24, 2.45) is 5.73 Å². The SMILES string of the molecule is CC(N)C(Sc1nc2ccccc2s1)c1cccc(F)c1. The van der Waals surface area contributed by atoms with E-state index >= 15 is 0 Å². The molecule has 2 atom stereocenters. The van der Waals surface area contributed by atoms with Crippen LogP contribution in [0.2, 0.25) is 0 Å². The first-order valence-electron chi connectivity index (χ1n) is 6.67. The molecular formula is C16H15FN2S2. The molecule has 3 rings (SSSR count). The van der Waals surface area contributed by atoms with Crippen LogP contribution in [0, 0.1) is 5.82 Å². The van der Waals surface area contributed by atoms with Crippen LogP contribution >= 0.6 is 23.1 Å². The first kappa shape index (κ1) is 14.5. The minimum atomic E-state index is -0.233. The van der Waals surface area contributed by atoms with Crippen LogP contribution in [0.4, 0.5) is 4.39 Å². The molecule has 2 aromatic carbocycles. The van der Waals surface area contributed by atoms with Gasteiger partial charge in [0.15, 0.2) is 4.34 Å². The second kappa shape index (κ2) is 6.13. The Kier molecular flexibility index (Phi) is 4.24. The number of hydrogen-bond acceptors (Lipinski definition) is 4. The maximum atomic E-state index is 13.4. The van der Waals surface area contributed by atoms with Gasteiger partial charge < -0.3 is 5.73 Å². The van der Waals surface area contributed by atoms with Gasteiger partial charge in [-0.25, -0.2) is 9.37 Å². The van der Waals surface area contributed by atoms with E-state index in [1.165, 1.54) is 6.07 Å². The third-order valence-corrected chi connectivity index (χ3v) is 5.77. The van der Waals surface area contributed by atoms with Crippen LogP contribution in [0.15, 0.2) is 52.9 Å². The van der Waals surface area contributed by atoms with Gasteiger partial charge in [-0.15, -0.1) is 11.3 Å². The van der Waals surface area contributed by atoms with E-state index in [-0.39, 0.29) is 17.1 Å². The Balaban J connectivity index is 1.91. The lowest BCUT2D eigenvalue weighted by Crippen LogP contribution is -2.22. The fourth-order valence-electron chi connectivity index (χ4n) is 2.17. The Morgan fingerprint density at radius 2 is 2.00 bits per heavy atom. The maximum absolute atomic E-state index is 13.4. The lowest BCUT2D eigenvalue weighted by molar-refractivity contribution is 0.622. The standard InChI is InChI=1S/C16H15FN2S2/c1-10(18)15(11-5-4-6-12(17)9-11)21-16-19-13-7-2-3-8-14(13)20-16/h2-10,15H,18H2,1H3. The van der Waals surface area contributed by atoms with Crippen LogP contribution < -0.4 is 5.73 Å². The van der Waals surface area contributed by atoms with E-state index in [2.05, 4.69) is 11.1 Å². The minimum Gasteiger partial charge on any atom is -0.327 e. The Bertz CT molecular complexity index is 722. The van der Waals surface area contributed by atoms with Gasteiger partial charge in [-0.05, 0) is 36.8 Å². The van der Waals surface area contributed by atoms with Crippen LogP contribution in [0.5, 0.6) is 0 Å². The summed E-state index contributed by atoms with van der Waals surface area (Å²) in [5.74, 6) is -0.233. The molecule has 2 N–H and O–H groups in total. The monoisotopic (exact) mass is 318 g/mol. The number of fused-ring (bicyclic) bond motifs is 1. The van der Waals surface area contributed by atoms with E-state index < -0.39 is 0 Å². The van der Waals surface area contributed by atoms with Crippen LogP contribution in [0.3, 0.4) is 0 Å². The predicted octanol–water partition coefficient (Wildman–Crippen LogP) is 4.62. The highest BCUT2D eigenvalue weighted by atomic mass is 32.2. The smallest absolute Gasteiger partial charge is 0.151 e. The summed E-state index contributed by atoms with van der Waals surface area (Å²) in [4.78, 5) is 4.62. The van der Waals surface area contributed by atoms with Gasteiger partial charge in [-0.1, -0.05) is 36.0 Å². The van der Waals surface area contributed by atoms with Gasteiger partial charge >= 0.3 is 0 Å². The zero-order valence-electron chi connectivity index (χ0n) is 11.5. The average Bonchev–Trinajstić information content (AvgIpc) is 2.87. The van der Waals surface area contributed by atoms with E-state index in [9.17, 15) is 4.39 Å². The van der Waals surface area contributed by atoms with Gasteiger partial charge in [-0.2, -0.15) is 0 Å². The van der Waals surface area contributed by atoms with Crippen LogP contribution in [-0.4, -0.2) is 11.0 Å². The summed E-state index contributed by atoms with van der Waals surface area (Å²) >= 11 is 3.24. The molecule has 2 unspecified atom stereocenters. The lowest BCUT2D eigenvalue weighted by atomic mass is 10.1. The number of aromatic nitrogens is 1. The fourth-order valence-corrected chi connectivity index (χ4v) is 4.51. The molecule has 0 radical (unpaired) electrons. The molecule has 0 aliphatic rings. The third kappa shape index (κ3) is 3.26. The highest BCUT2D eigenvalue weighted by molar-refractivity contribution is 8.01. The predicted molar refractivity (Wildman–Crippen MR) is 88.3 cm³/mol. The molecule has 0 amide bonds. The molecular weight excluding hydrogens is 303 g/mol. The molecule has 2 nitrogen and oxygen atoms in total. The Morgan fingerprint density at radius 3 is 2.71 bits per heavy atom. The molecule has 3 aromatic rings. The van der Waals surface area contributed by atoms with Crippen molar-refractivity contribution in [1.29, 1.82) is 0 Å². The van der Waals surface area contributed by atoms with Gasteiger partial charge in [0.1, 0.15) is 5.82 Å². The van der Waals surface area contributed by atoms with E-state index in [4.69, 9.17) is 5.73 Å². The number of nitrogens with two attached hydrogens (primary N) is 1. The first-order valence-corrected chi connectivity index (χ1v) is 8.36. The third-order valence-electron chi connectivity index (χ3n) is 3.16. The molecule has 21 heavy (non-hydrogen) atoms. The number of hydrogen-bond donors (Lipinski definition) is 1. The minimum absolute atomic E-state index is 0.0127. The summed E-state index contributed by atoms with van der Waals surface area (Å²) in [7, 11) is 0. The zero-order valence-corrected chi connectivity index (χ0v) is 13.1. The molecule has 0 saturated heterocycles. The van der Waals surface area contributed by atoms with Gasteiger partial charge in [-0.3, -0.25) is 0 Å². The van der Waals surface area contributed by atoms with E-state index in [0.717, 1.165) is 20.1 Å². The number of rotatable bonds is 4. The molecule has 0 bridgehead atoms. The van der Waals surface area contributed by atoms with Crippen molar-refractivity contribution in [2.75, 3.05) is 0 Å². The fraction of sp³-hybridized carbons (Fsp3) is 0.188. The second-order valence-corrected chi connectivity index (χ2v) is 7.32. The summed E-state index contributed by atoms with van der Waals surface area (Å²) in [6.45, 7) is 1.94. The zero-order chi connectivity index (χ0) is 14.8. The summed E-state index contributed by atoms with van der Waals surface area (Å²) in [5, 5.41) is -0.0127. The Hall–Kier alpha value is -1.43. The topological polar surface area (TPSA) is 38.9 Å². The summed E-state index contributed by atoms with van der Waals surface area (Å²) in [6.07, 6.45) is 0. The normalized spacial score (nSPS) is 14.2. The molecule has 0 aliphatic carbocycles. The summed E-state index contributed by atoms with van der Waals surface area (Å²) < 4.78 is 15.6. The lowest BCUT2D eigenvalue weighted by Gasteiger charge is -2.19. The number of halogens is 1. The highest BCUT2D eigenvalue weighted by Gasteiger charge is 2.20. The van der Waals surface area contributed by atoms with E-state index in [1.54, 1.807) is 35.2 Å². The van der Waals surface area contributed by atoms with Crippen molar-refractivity contribution >= 4 is 33.3 Å². The molecule has 0 fully saturated rings. The number of nitrogens with zero attached hydrogens (tertiary/aromatic N) is 1. The maximum Gasteiger partial charge on any atom is 0.151 e. The Labute approximate surface area is 131 Å². The van der Waals surface area contributed by atoms with Crippen LogP contribution in [0.1, 0.15) is 17.7 Å². The molecule has 1 aromatic heterocycles. The van der Waals surface area contributed by atoms with Crippen molar-refractivity contribution in [1.82, 2.24) is 4.98 Å². The second-order valence-electron chi connectivity index (χ2n) is 4.90. The van der Waals surface area contributed by atoms with Crippen molar-refractivity contribution in [2.45, 2.75) is 22.6 Å². The van der Waals surface area contributed by atoms with Gasteiger partial charge in [0.05, 0.1) is 15.5 Å². The van der Waals surface area contributed by atoms with Crippen molar-refractivity contribution in [3.8, 4) is 0 Å². The molecule has 108 valence electrons. The number of para-hydroxylation sites is 1. The van der Waals surface area contributed by atoms with Crippen molar-refractivity contribution in [3.63, 3.8) is 0 Å². The van der Waals surface area contributed by atoms with E-state index in [1.807, 2.05) is 31.2 Å². The van der Waals surface area contributed by atoms with E-state index in [0.29, 0.717) is 0 Å². The number of thioether (sulfide) groups is 1. The van der Waals surface area contributed by atoms with Gasteiger partial charge in [0.2, 0.25) is 0 Å². The van der Waals surface area contributed by atoms with Crippen LogP contribution in [-0.2, 0) is 0 Å². The molecule has 0 saturated carbocycles. The molecule has 1 heterocycles. The molecule has 5 heteroatoms. The quantitative estimate of drug-likeness (QED) is 0.714. The average molecular weight is 318 g/mol. The highest BCUT2D eigenvalue weighted by Crippen LogP contribution is 2.40. The summed E-state index contributed by atoms with van der Waals surface area (Å²) in [5.41, 5.74) is 7.99. The first-order chi connectivity index (χ1) is 10.1. The number of benzene rings is 2. The molecule has 0 aliphatic heterocycles. The number of thiazole rings is 1. The largest absolute Gasteiger partial charge is 0.327 e. The summed E-state index contributed by atoms with van der Waals surface area (Å²) in [6, 6.07) is 14.6. The van der Waals surface area contributed by atoms with Gasteiger partial charge in [0.25, 0.3) is 0 Å². The van der Waals surface area contributed by atoms with Crippen molar-refractivity contribution < 1.29 is 4.39 Å². The van der Waals surface area contributed by atoms with Gasteiger partial charge in [0, 0.05) is 6.04 Å². The van der Waals surface area contributed by atoms with Crippen molar-refractivity contribution in [3.05, 3.63) is 59.9 Å².